The van der Waals surface area contributed by atoms with E-state index in [1.807, 2.05) is 19.1 Å². The third kappa shape index (κ3) is 4.28. The van der Waals surface area contributed by atoms with Gasteiger partial charge in [-0.05, 0) is 30.7 Å². The molecule has 0 amide bonds. The normalized spacial score (nSPS) is 13.5. The van der Waals surface area contributed by atoms with Crippen molar-refractivity contribution in [2.24, 2.45) is 0 Å². The maximum atomic E-state index is 12.2. The Kier molecular flexibility index (Phi) is 5.81. The average Bonchev–Trinajstić information content (AvgIpc) is 3.08. The molecule has 4 nitrogen and oxygen atoms in total. The van der Waals surface area contributed by atoms with Gasteiger partial charge in [0, 0.05) is 23.4 Å². The van der Waals surface area contributed by atoms with Crippen molar-refractivity contribution in [3.05, 3.63) is 38.4 Å². The van der Waals surface area contributed by atoms with E-state index in [1.165, 1.54) is 22.7 Å². The lowest BCUT2D eigenvalue weighted by Crippen LogP contribution is -2.28. The fourth-order valence-electron chi connectivity index (χ4n) is 1.75. The Bertz CT molecular complexity index is 693. The second-order valence-electron chi connectivity index (χ2n) is 4.29. The maximum absolute atomic E-state index is 12.2. The van der Waals surface area contributed by atoms with Gasteiger partial charge in [-0.2, -0.15) is 0 Å². The fourth-order valence-corrected chi connectivity index (χ4v) is 5.26. The zero-order chi connectivity index (χ0) is 15.5. The van der Waals surface area contributed by atoms with Crippen molar-refractivity contribution < 1.29 is 13.2 Å². The molecule has 21 heavy (non-hydrogen) atoms. The SMILES string of the molecule is CCc1ccc(S(=O)(=O)NCC(OC)c2ccc(Cl)s2)s1. The summed E-state index contributed by atoms with van der Waals surface area (Å²) in [5, 5.41) is 0. The summed E-state index contributed by atoms with van der Waals surface area (Å²) >= 11 is 8.56. The zero-order valence-corrected chi connectivity index (χ0v) is 14.8. The minimum absolute atomic E-state index is 0.176. The number of methoxy groups -OCH3 is 1. The molecule has 0 bridgehead atoms. The number of hydrogen-bond donors (Lipinski definition) is 1. The lowest BCUT2D eigenvalue weighted by Gasteiger charge is -2.14. The molecule has 8 heteroatoms. The summed E-state index contributed by atoms with van der Waals surface area (Å²) in [5.41, 5.74) is 0. The molecule has 2 aromatic rings. The number of halogens is 1. The van der Waals surface area contributed by atoms with Crippen LogP contribution in [0, 0.1) is 0 Å². The second kappa shape index (κ2) is 7.21. The quantitative estimate of drug-likeness (QED) is 0.814. The molecule has 0 aliphatic rings. The molecule has 0 saturated carbocycles. The molecular formula is C13H16ClNO3S3. The van der Waals surface area contributed by atoms with Gasteiger partial charge in [-0.1, -0.05) is 18.5 Å². The van der Waals surface area contributed by atoms with Crippen LogP contribution in [0.25, 0.3) is 0 Å². The van der Waals surface area contributed by atoms with Crippen LogP contribution in [0.15, 0.2) is 28.5 Å². The molecule has 116 valence electrons. The monoisotopic (exact) mass is 365 g/mol. The Morgan fingerprint density at radius 3 is 2.57 bits per heavy atom. The van der Waals surface area contributed by atoms with Gasteiger partial charge in [0.1, 0.15) is 10.3 Å². The van der Waals surface area contributed by atoms with Crippen LogP contribution in [0.5, 0.6) is 0 Å². The van der Waals surface area contributed by atoms with Crippen LogP contribution in [0.3, 0.4) is 0 Å². The molecule has 1 unspecified atom stereocenters. The van der Waals surface area contributed by atoms with E-state index in [4.69, 9.17) is 16.3 Å². The van der Waals surface area contributed by atoms with Crippen LogP contribution in [-0.4, -0.2) is 22.1 Å². The van der Waals surface area contributed by atoms with Gasteiger partial charge in [0.25, 0.3) is 0 Å². The average molecular weight is 366 g/mol. The Labute approximate surface area is 137 Å². The number of rotatable bonds is 7. The Morgan fingerprint density at radius 2 is 2.05 bits per heavy atom. The van der Waals surface area contributed by atoms with Crippen LogP contribution < -0.4 is 4.72 Å². The number of aryl methyl sites for hydroxylation is 1. The van der Waals surface area contributed by atoms with Crippen molar-refractivity contribution in [1.82, 2.24) is 4.72 Å². The summed E-state index contributed by atoms with van der Waals surface area (Å²) in [6, 6.07) is 7.09. The topological polar surface area (TPSA) is 55.4 Å². The largest absolute Gasteiger partial charge is 0.375 e. The first-order valence-electron chi connectivity index (χ1n) is 6.32. The molecule has 2 heterocycles. The molecule has 1 N–H and O–H groups in total. The van der Waals surface area contributed by atoms with E-state index in [0.29, 0.717) is 8.55 Å². The predicted octanol–water partition coefficient (Wildman–Crippen LogP) is 3.69. The van der Waals surface area contributed by atoms with Crippen LogP contribution >= 0.6 is 34.3 Å². The first-order valence-corrected chi connectivity index (χ1v) is 9.82. The number of ether oxygens (including phenoxy) is 1. The van der Waals surface area contributed by atoms with Gasteiger partial charge in [-0.25, -0.2) is 13.1 Å². The summed E-state index contributed by atoms with van der Waals surface area (Å²) in [6.07, 6.45) is 0.483. The highest BCUT2D eigenvalue weighted by atomic mass is 35.5. The standard InChI is InChI=1S/C13H16ClNO3S3/c1-3-9-4-7-13(19-9)21(16,17)15-8-10(18-2)11-5-6-12(14)20-11/h4-7,10,15H,3,8H2,1-2H3. The minimum atomic E-state index is -3.50. The first-order chi connectivity index (χ1) is 9.96. The van der Waals surface area contributed by atoms with E-state index < -0.39 is 10.0 Å². The van der Waals surface area contributed by atoms with E-state index in [2.05, 4.69) is 4.72 Å². The summed E-state index contributed by atoms with van der Waals surface area (Å²) in [7, 11) is -1.95. The van der Waals surface area contributed by atoms with Crippen LogP contribution in [-0.2, 0) is 21.2 Å². The van der Waals surface area contributed by atoms with Gasteiger partial charge >= 0.3 is 0 Å². The maximum Gasteiger partial charge on any atom is 0.250 e. The van der Waals surface area contributed by atoms with E-state index in [-0.39, 0.29) is 12.6 Å². The summed E-state index contributed by atoms with van der Waals surface area (Å²) in [6.45, 7) is 2.17. The molecule has 2 aromatic heterocycles. The molecule has 0 saturated heterocycles. The van der Waals surface area contributed by atoms with E-state index >= 15 is 0 Å². The lowest BCUT2D eigenvalue weighted by molar-refractivity contribution is 0.110. The van der Waals surface area contributed by atoms with Crippen molar-refractivity contribution in [2.45, 2.75) is 23.7 Å². The molecule has 1 atom stereocenters. The van der Waals surface area contributed by atoms with Gasteiger partial charge in [-0.3, -0.25) is 0 Å². The highest BCUT2D eigenvalue weighted by molar-refractivity contribution is 7.91. The van der Waals surface area contributed by atoms with Gasteiger partial charge < -0.3 is 4.74 Å². The molecule has 0 radical (unpaired) electrons. The van der Waals surface area contributed by atoms with Crippen molar-refractivity contribution in [2.75, 3.05) is 13.7 Å². The molecule has 0 fully saturated rings. The van der Waals surface area contributed by atoms with Gasteiger partial charge in [-0.15, -0.1) is 22.7 Å². The second-order valence-corrected chi connectivity index (χ2v) is 9.20. The number of nitrogens with one attached hydrogen (secondary N) is 1. The van der Waals surface area contributed by atoms with Gasteiger partial charge in [0.2, 0.25) is 10.0 Å². The van der Waals surface area contributed by atoms with Crippen LogP contribution in [0.2, 0.25) is 4.34 Å². The Morgan fingerprint density at radius 1 is 1.29 bits per heavy atom. The fraction of sp³-hybridized carbons (Fsp3) is 0.385. The van der Waals surface area contributed by atoms with Crippen LogP contribution in [0.4, 0.5) is 0 Å². The highest BCUT2D eigenvalue weighted by Crippen LogP contribution is 2.29. The first kappa shape index (κ1) is 16.9. The zero-order valence-electron chi connectivity index (χ0n) is 11.6. The lowest BCUT2D eigenvalue weighted by atomic mass is 10.3. The summed E-state index contributed by atoms with van der Waals surface area (Å²) in [4.78, 5) is 1.94. The molecule has 0 spiro atoms. The van der Waals surface area contributed by atoms with E-state index in [0.717, 1.165) is 16.2 Å². The Hall–Kier alpha value is -0.440. The van der Waals surface area contributed by atoms with Crippen LogP contribution in [0.1, 0.15) is 22.8 Å². The number of thiophene rings is 2. The minimum Gasteiger partial charge on any atom is -0.375 e. The molecule has 0 aliphatic carbocycles. The number of sulfonamides is 1. The van der Waals surface area contributed by atoms with Crippen molar-refractivity contribution in [3.8, 4) is 0 Å². The van der Waals surface area contributed by atoms with E-state index in [1.54, 1.807) is 19.2 Å². The Balaban J connectivity index is 2.06. The van der Waals surface area contributed by atoms with Gasteiger partial charge in [0.15, 0.2) is 0 Å². The van der Waals surface area contributed by atoms with Crippen molar-refractivity contribution in [1.29, 1.82) is 0 Å². The van der Waals surface area contributed by atoms with Crippen molar-refractivity contribution in [3.63, 3.8) is 0 Å². The molecular weight excluding hydrogens is 350 g/mol. The molecule has 2 rings (SSSR count). The smallest absolute Gasteiger partial charge is 0.250 e. The van der Waals surface area contributed by atoms with Crippen molar-refractivity contribution >= 4 is 44.3 Å². The highest BCUT2D eigenvalue weighted by Gasteiger charge is 2.20. The predicted molar refractivity (Wildman–Crippen MR) is 88.0 cm³/mol. The third-order valence-electron chi connectivity index (χ3n) is 2.90. The van der Waals surface area contributed by atoms with Gasteiger partial charge in [0.05, 0.1) is 4.34 Å². The number of hydrogen-bond acceptors (Lipinski definition) is 5. The summed E-state index contributed by atoms with van der Waals surface area (Å²) < 4.78 is 33.4. The molecule has 0 aromatic carbocycles. The third-order valence-corrected chi connectivity index (χ3v) is 7.37. The summed E-state index contributed by atoms with van der Waals surface area (Å²) in [5.74, 6) is 0. The van der Waals surface area contributed by atoms with E-state index in [9.17, 15) is 8.42 Å². The molecule has 0 aliphatic heterocycles.